The molecule has 5 heteroatoms. The Bertz CT molecular complexity index is 571. The van der Waals surface area contributed by atoms with Gasteiger partial charge in [-0.15, -0.1) is 0 Å². The first-order valence-corrected chi connectivity index (χ1v) is 9.73. The average Bonchev–Trinajstić information content (AvgIpc) is 2.52. The Balaban J connectivity index is 2.29. The van der Waals surface area contributed by atoms with Crippen molar-refractivity contribution in [2.75, 3.05) is 10.7 Å². The first-order chi connectivity index (χ1) is 10.6. The minimum absolute atomic E-state index is 0.165. The fourth-order valence-corrected chi connectivity index (χ4v) is 3.93. The van der Waals surface area contributed by atoms with Crippen LogP contribution in [0.25, 0.3) is 0 Å². The Morgan fingerprint density at radius 2 is 1.09 bits per heavy atom. The van der Waals surface area contributed by atoms with E-state index in [2.05, 4.69) is 31.9 Å². The second-order valence-electron chi connectivity index (χ2n) is 4.92. The first kappa shape index (κ1) is 18.0. The molecule has 116 valence electrons. The molecule has 0 amide bonds. The zero-order valence-corrected chi connectivity index (χ0v) is 16.3. The molecule has 0 radical (unpaired) electrons. The highest BCUT2D eigenvalue weighted by Crippen LogP contribution is 2.30. The fourth-order valence-electron chi connectivity index (χ4n) is 2.29. The van der Waals surface area contributed by atoms with Crippen LogP contribution in [0.5, 0.6) is 0 Å². The van der Waals surface area contributed by atoms with E-state index in [0.29, 0.717) is 20.7 Å². The number of benzene rings is 2. The molecule has 0 saturated heterocycles. The van der Waals surface area contributed by atoms with Gasteiger partial charge < -0.3 is 0 Å². The predicted octanol–water partition coefficient (Wildman–Crippen LogP) is 6.22. The molecule has 2 atom stereocenters. The smallest absolute Gasteiger partial charge is 0.149 e. The Labute approximate surface area is 157 Å². The molecule has 0 saturated carbocycles. The molecule has 2 unspecified atom stereocenters. The topological polar surface area (TPSA) is 17.1 Å². The quantitative estimate of drug-likeness (QED) is 0.464. The Kier molecular flexibility index (Phi) is 6.94. The number of hydrogen-bond donors (Lipinski definition) is 0. The number of rotatable bonds is 6. The molecule has 0 fully saturated rings. The van der Waals surface area contributed by atoms with E-state index < -0.39 is 0 Å². The number of alkyl halides is 2. The molecule has 0 aromatic heterocycles. The number of halogens is 4. The van der Waals surface area contributed by atoms with E-state index in [4.69, 9.17) is 23.2 Å². The Morgan fingerprint density at radius 1 is 0.773 bits per heavy atom. The maximum atomic E-state index is 13.0. The van der Waals surface area contributed by atoms with Crippen LogP contribution in [0.15, 0.2) is 48.5 Å². The highest BCUT2D eigenvalue weighted by Gasteiger charge is 2.28. The molecular formula is C17H14Br2Cl2O. The molecule has 2 aromatic rings. The third-order valence-electron chi connectivity index (χ3n) is 3.54. The molecule has 0 N–H and O–H groups in total. The molecule has 0 spiro atoms. The summed E-state index contributed by atoms with van der Waals surface area (Å²) in [6.07, 6.45) is 0. The van der Waals surface area contributed by atoms with Gasteiger partial charge in [0.15, 0.2) is 0 Å². The van der Waals surface area contributed by atoms with E-state index in [0.717, 1.165) is 11.1 Å². The number of hydrogen-bond acceptors (Lipinski definition) is 1. The van der Waals surface area contributed by atoms with Crippen LogP contribution in [-0.4, -0.2) is 16.4 Å². The molecule has 0 aliphatic carbocycles. The van der Waals surface area contributed by atoms with E-state index in [1.807, 2.05) is 48.5 Å². The van der Waals surface area contributed by atoms with Crippen molar-refractivity contribution in [2.24, 2.45) is 0 Å². The lowest BCUT2D eigenvalue weighted by atomic mass is 9.86. The maximum absolute atomic E-state index is 13.0. The third-order valence-corrected chi connectivity index (χ3v) is 5.34. The van der Waals surface area contributed by atoms with Crippen LogP contribution in [-0.2, 0) is 4.79 Å². The van der Waals surface area contributed by atoms with Crippen molar-refractivity contribution in [1.29, 1.82) is 0 Å². The minimum Gasteiger partial charge on any atom is -0.298 e. The summed E-state index contributed by atoms with van der Waals surface area (Å²) in [5, 5.41) is 2.48. The number of ketones is 1. The van der Waals surface area contributed by atoms with Crippen molar-refractivity contribution in [3.8, 4) is 0 Å². The van der Waals surface area contributed by atoms with Crippen molar-refractivity contribution < 1.29 is 4.79 Å². The van der Waals surface area contributed by atoms with Crippen LogP contribution in [0, 0.1) is 0 Å². The number of carbonyl (C=O) groups excluding carboxylic acids is 1. The summed E-state index contributed by atoms with van der Waals surface area (Å²) in [7, 11) is 0. The zero-order chi connectivity index (χ0) is 16.1. The molecule has 0 heterocycles. The van der Waals surface area contributed by atoms with Gasteiger partial charge in [-0.05, 0) is 35.4 Å². The van der Waals surface area contributed by atoms with Gasteiger partial charge in [0.05, 0.1) is 11.8 Å². The number of Topliss-reactive ketones (excluding diaryl/α,β-unsaturated/α-hetero) is 1. The van der Waals surface area contributed by atoms with Gasteiger partial charge in [0.25, 0.3) is 0 Å². The van der Waals surface area contributed by atoms with Crippen molar-refractivity contribution >= 4 is 60.8 Å². The molecule has 2 rings (SSSR count). The average molecular weight is 465 g/mol. The van der Waals surface area contributed by atoms with Gasteiger partial charge in [-0.25, -0.2) is 0 Å². The molecule has 22 heavy (non-hydrogen) atoms. The molecular weight excluding hydrogens is 451 g/mol. The van der Waals surface area contributed by atoms with Gasteiger partial charge in [0.1, 0.15) is 5.78 Å². The van der Waals surface area contributed by atoms with Crippen LogP contribution in [0.3, 0.4) is 0 Å². The number of carbonyl (C=O) groups is 1. The summed E-state index contributed by atoms with van der Waals surface area (Å²) < 4.78 is 0. The SMILES string of the molecule is O=C(C(CBr)c1ccc(Cl)cc1)C(CBr)c1ccc(Cl)cc1. The zero-order valence-electron chi connectivity index (χ0n) is 11.6. The first-order valence-electron chi connectivity index (χ1n) is 6.73. The van der Waals surface area contributed by atoms with Crippen molar-refractivity contribution in [3.63, 3.8) is 0 Å². The van der Waals surface area contributed by atoms with Gasteiger partial charge in [-0.2, -0.15) is 0 Å². The molecule has 1 nitrogen and oxygen atoms in total. The summed E-state index contributed by atoms with van der Waals surface area (Å²) in [4.78, 5) is 13.0. The monoisotopic (exact) mass is 462 g/mol. The second kappa shape index (κ2) is 8.49. The molecule has 0 aliphatic heterocycles. The van der Waals surface area contributed by atoms with Crippen LogP contribution in [0.2, 0.25) is 10.0 Å². The van der Waals surface area contributed by atoms with E-state index in [9.17, 15) is 4.79 Å². The standard InChI is InChI=1S/C17H14Br2Cl2O/c18-9-15(11-1-5-13(20)6-2-11)17(22)16(10-19)12-3-7-14(21)8-4-12/h1-8,15-16H,9-10H2. The third kappa shape index (κ3) is 4.35. The van der Waals surface area contributed by atoms with Gasteiger partial charge in [-0.3, -0.25) is 4.79 Å². The lowest BCUT2D eigenvalue weighted by Crippen LogP contribution is -2.23. The fraction of sp³-hybridized carbons (Fsp3) is 0.235. The van der Waals surface area contributed by atoms with Crippen molar-refractivity contribution in [2.45, 2.75) is 11.8 Å². The maximum Gasteiger partial charge on any atom is 0.149 e. The van der Waals surface area contributed by atoms with E-state index >= 15 is 0 Å². The lowest BCUT2D eigenvalue weighted by Gasteiger charge is -2.20. The Hall–Kier alpha value is -0.350. The Morgan fingerprint density at radius 3 is 1.36 bits per heavy atom. The van der Waals surface area contributed by atoms with Crippen LogP contribution < -0.4 is 0 Å². The summed E-state index contributed by atoms with van der Waals surface area (Å²) in [6, 6.07) is 14.9. The minimum atomic E-state index is -0.213. The van der Waals surface area contributed by atoms with Crippen LogP contribution in [0.4, 0.5) is 0 Å². The molecule has 0 aliphatic rings. The lowest BCUT2D eigenvalue weighted by molar-refractivity contribution is -0.121. The van der Waals surface area contributed by atoms with E-state index in [-0.39, 0.29) is 17.6 Å². The van der Waals surface area contributed by atoms with E-state index in [1.54, 1.807) is 0 Å². The molecule has 0 bridgehead atoms. The normalized spacial score (nSPS) is 13.6. The van der Waals surface area contributed by atoms with Gasteiger partial charge in [0.2, 0.25) is 0 Å². The highest BCUT2D eigenvalue weighted by atomic mass is 79.9. The summed E-state index contributed by atoms with van der Waals surface area (Å²) in [5.74, 6) is -0.260. The van der Waals surface area contributed by atoms with Crippen molar-refractivity contribution in [3.05, 3.63) is 69.7 Å². The largest absolute Gasteiger partial charge is 0.298 e. The summed E-state index contributed by atoms with van der Waals surface area (Å²) >= 11 is 18.8. The van der Waals surface area contributed by atoms with Gasteiger partial charge >= 0.3 is 0 Å². The van der Waals surface area contributed by atoms with Crippen LogP contribution >= 0.6 is 55.1 Å². The van der Waals surface area contributed by atoms with Gasteiger partial charge in [0, 0.05) is 20.7 Å². The summed E-state index contributed by atoms with van der Waals surface area (Å²) in [5.41, 5.74) is 1.93. The predicted molar refractivity (Wildman–Crippen MR) is 101 cm³/mol. The molecule has 2 aromatic carbocycles. The van der Waals surface area contributed by atoms with E-state index in [1.165, 1.54) is 0 Å². The van der Waals surface area contributed by atoms with Crippen LogP contribution in [0.1, 0.15) is 23.0 Å². The summed E-state index contributed by atoms with van der Waals surface area (Å²) in [6.45, 7) is 0. The second-order valence-corrected chi connectivity index (χ2v) is 7.09. The highest BCUT2D eigenvalue weighted by molar-refractivity contribution is 9.09. The van der Waals surface area contributed by atoms with Crippen molar-refractivity contribution in [1.82, 2.24) is 0 Å². The van der Waals surface area contributed by atoms with Gasteiger partial charge in [-0.1, -0.05) is 79.3 Å².